The molecule has 1 amide bonds. The van der Waals surface area contributed by atoms with Crippen LogP contribution in [0.1, 0.15) is 46.0 Å². The van der Waals surface area contributed by atoms with Crippen LogP contribution in [0.5, 0.6) is 0 Å². The highest BCUT2D eigenvalue weighted by Gasteiger charge is 2.62. The minimum atomic E-state index is 0.439. The summed E-state index contributed by atoms with van der Waals surface area (Å²) in [4.78, 5) is 14.6. The fourth-order valence-electron chi connectivity index (χ4n) is 5.05. The first kappa shape index (κ1) is 12.2. The molecular weight excluding hydrogens is 236 g/mol. The number of carbonyl (C=O) groups excluding carboxylic acids is 1. The summed E-state index contributed by atoms with van der Waals surface area (Å²) >= 11 is 0. The van der Waals surface area contributed by atoms with Crippen LogP contribution in [0.3, 0.4) is 0 Å². The fraction of sp³-hybridized carbons (Fsp3) is 0.938. The molecule has 3 saturated heterocycles. The molecule has 3 heteroatoms. The van der Waals surface area contributed by atoms with Crippen LogP contribution >= 0.6 is 0 Å². The van der Waals surface area contributed by atoms with Gasteiger partial charge in [0, 0.05) is 31.6 Å². The first-order valence-corrected chi connectivity index (χ1v) is 8.08. The number of piperidine rings is 2. The number of amides is 1. The van der Waals surface area contributed by atoms with E-state index in [4.69, 9.17) is 0 Å². The average molecular weight is 262 g/mol. The van der Waals surface area contributed by atoms with Gasteiger partial charge in [0.2, 0.25) is 5.91 Å². The Bertz CT molecular complexity index is 380. The van der Waals surface area contributed by atoms with E-state index in [9.17, 15) is 4.79 Å². The Morgan fingerprint density at radius 3 is 2.32 bits per heavy atom. The standard InChI is InChI=1S/C16H26N2O/c1-16(2)13-8-18(9-14(13)16)15(19)7-10-5-11-3-4-12(6-10)17-11/h10-14,17H,3-9H2,1-2H3. The molecule has 19 heavy (non-hydrogen) atoms. The van der Waals surface area contributed by atoms with Crippen LogP contribution in [-0.4, -0.2) is 36.0 Å². The minimum absolute atomic E-state index is 0.439. The third kappa shape index (κ3) is 1.93. The molecular formula is C16H26N2O. The molecule has 4 aliphatic rings. The fourth-order valence-corrected chi connectivity index (χ4v) is 5.05. The number of nitrogens with zero attached hydrogens (tertiary/aromatic N) is 1. The van der Waals surface area contributed by atoms with Gasteiger partial charge in [-0.2, -0.15) is 0 Å². The van der Waals surface area contributed by atoms with Gasteiger partial charge in [-0.25, -0.2) is 0 Å². The molecule has 3 aliphatic heterocycles. The van der Waals surface area contributed by atoms with Gasteiger partial charge in [-0.3, -0.25) is 4.79 Å². The van der Waals surface area contributed by atoms with Gasteiger partial charge in [0.05, 0.1) is 0 Å². The number of nitrogens with one attached hydrogen (secondary N) is 1. The summed E-state index contributed by atoms with van der Waals surface area (Å²) in [6.07, 6.45) is 5.94. The van der Waals surface area contributed by atoms with Crippen LogP contribution < -0.4 is 5.32 Å². The predicted molar refractivity (Wildman–Crippen MR) is 74.6 cm³/mol. The van der Waals surface area contributed by atoms with Crippen molar-refractivity contribution in [2.24, 2.45) is 23.2 Å². The van der Waals surface area contributed by atoms with Gasteiger partial charge in [0.15, 0.2) is 0 Å². The number of fused-ring (bicyclic) bond motifs is 3. The zero-order chi connectivity index (χ0) is 13.2. The molecule has 2 bridgehead atoms. The molecule has 0 aromatic carbocycles. The first-order valence-electron chi connectivity index (χ1n) is 8.08. The average Bonchev–Trinajstić information content (AvgIpc) is 2.79. The van der Waals surface area contributed by atoms with Crippen LogP contribution in [0.2, 0.25) is 0 Å². The van der Waals surface area contributed by atoms with E-state index < -0.39 is 0 Å². The molecule has 4 fully saturated rings. The molecule has 106 valence electrons. The van der Waals surface area contributed by atoms with Crippen LogP contribution in [0.15, 0.2) is 0 Å². The van der Waals surface area contributed by atoms with Crippen molar-refractivity contribution in [3.63, 3.8) is 0 Å². The number of carbonyl (C=O) groups is 1. The van der Waals surface area contributed by atoms with Gasteiger partial charge in [-0.1, -0.05) is 13.8 Å². The van der Waals surface area contributed by atoms with Crippen molar-refractivity contribution < 1.29 is 4.79 Å². The number of hydrogen-bond donors (Lipinski definition) is 1. The van der Waals surface area contributed by atoms with Crippen LogP contribution in [-0.2, 0) is 4.79 Å². The summed E-state index contributed by atoms with van der Waals surface area (Å²) in [6.45, 7) is 6.78. The van der Waals surface area contributed by atoms with E-state index in [1.807, 2.05) is 0 Å². The lowest BCUT2D eigenvalue weighted by molar-refractivity contribution is -0.132. The maximum absolute atomic E-state index is 12.4. The molecule has 4 atom stereocenters. The summed E-state index contributed by atoms with van der Waals surface area (Å²) in [5, 5.41) is 3.66. The van der Waals surface area contributed by atoms with Crippen molar-refractivity contribution in [2.75, 3.05) is 13.1 Å². The maximum Gasteiger partial charge on any atom is 0.222 e. The highest BCUT2D eigenvalue weighted by Crippen LogP contribution is 2.62. The Morgan fingerprint density at radius 2 is 1.74 bits per heavy atom. The van der Waals surface area contributed by atoms with E-state index in [2.05, 4.69) is 24.1 Å². The molecule has 1 N–H and O–H groups in total. The molecule has 1 saturated carbocycles. The van der Waals surface area contributed by atoms with Gasteiger partial charge < -0.3 is 10.2 Å². The SMILES string of the molecule is CC1(C)C2CN(C(=O)CC3CC4CCC(C3)N4)CC21. The van der Waals surface area contributed by atoms with Crippen molar-refractivity contribution in [1.82, 2.24) is 10.2 Å². The zero-order valence-corrected chi connectivity index (χ0v) is 12.2. The first-order chi connectivity index (χ1) is 9.04. The van der Waals surface area contributed by atoms with Crippen molar-refractivity contribution in [3.8, 4) is 0 Å². The van der Waals surface area contributed by atoms with Gasteiger partial charge >= 0.3 is 0 Å². The molecule has 0 radical (unpaired) electrons. The predicted octanol–water partition coefficient (Wildman–Crippen LogP) is 2.02. The van der Waals surface area contributed by atoms with Crippen molar-refractivity contribution in [2.45, 2.75) is 58.0 Å². The Labute approximate surface area is 116 Å². The second-order valence-electron chi connectivity index (χ2n) is 8.01. The van der Waals surface area contributed by atoms with Gasteiger partial charge in [-0.05, 0) is 48.9 Å². The second-order valence-corrected chi connectivity index (χ2v) is 8.01. The van der Waals surface area contributed by atoms with E-state index in [0.717, 1.165) is 31.3 Å². The van der Waals surface area contributed by atoms with Gasteiger partial charge in [-0.15, -0.1) is 0 Å². The van der Waals surface area contributed by atoms with Crippen LogP contribution in [0, 0.1) is 23.2 Å². The quantitative estimate of drug-likeness (QED) is 0.826. The number of rotatable bonds is 2. The Balaban J connectivity index is 1.31. The second kappa shape index (κ2) is 3.97. The van der Waals surface area contributed by atoms with Crippen LogP contribution in [0.25, 0.3) is 0 Å². The minimum Gasteiger partial charge on any atom is -0.342 e. The monoisotopic (exact) mass is 262 g/mol. The van der Waals surface area contributed by atoms with E-state index in [0.29, 0.717) is 29.3 Å². The topological polar surface area (TPSA) is 32.3 Å². The lowest BCUT2D eigenvalue weighted by Crippen LogP contribution is -2.40. The Morgan fingerprint density at radius 1 is 1.16 bits per heavy atom. The molecule has 4 unspecified atom stereocenters. The number of likely N-dealkylation sites (tertiary alicyclic amines) is 1. The molecule has 3 nitrogen and oxygen atoms in total. The van der Waals surface area contributed by atoms with E-state index >= 15 is 0 Å². The highest BCUT2D eigenvalue weighted by molar-refractivity contribution is 5.77. The Hall–Kier alpha value is -0.570. The third-order valence-corrected chi connectivity index (χ3v) is 6.51. The van der Waals surface area contributed by atoms with E-state index in [-0.39, 0.29) is 0 Å². The molecule has 0 aromatic heterocycles. The van der Waals surface area contributed by atoms with E-state index in [1.54, 1.807) is 0 Å². The Kier molecular flexibility index (Phi) is 2.55. The smallest absolute Gasteiger partial charge is 0.222 e. The van der Waals surface area contributed by atoms with E-state index in [1.165, 1.54) is 25.7 Å². The van der Waals surface area contributed by atoms with Crippen molar-refractivity contribution in [1.29, 1.82) is 0 Å². The van der Waals surface area contributed by atoms with Crippen LogP contribution in [0.4, 0.5) is 0 Å². The molecule has 0 spiro atoms. The highest BCUT2D eigenvalue weighted by atomic mass is 16.2. The van der Waals surface area contributed by atoms with Crippen molar-refractivity contribution >= 4 is 5.91 Å². The molecule has 4 rings (SSSR count). The summed E-state index contributed by atoms with van der Waals surface area (Å²) in [5.41, 5.74) is 0.518. The maximum atomic E-state index is 12.4. The summed E-state index contributed by atoms with van der Waals surface area (Å²) in [7, 11) is 0. The van der Waals surface area contributed by atoms with Gasteiger partial charge in [0.1, 0.15) is 0 Å². The zero-order valence-electron chi connectivity index (χ0n) is 12.2. The van der Waals surface area contributed by atoms with Crippen molar-refractivity contribution in [3.05, 3.63) is 0 Å². The summed E-state index contributed by atoms with van der Waals surface area (Å²) < 4.78 is 0. The number of hydrogen-bond acceptors (Lipinski definition) is 2. The molecule has 1 aliphatic carbocycles. The largest absolute Gasteiger partial charge is 0.342 e. The molecule has 3 heterocycles. The lowest BCUT2D eigenvalue weighted by Gasteiger charge is -2.30. The molecule has 0 aromatic rings. The summed E-state index contributed by atoms with van der Waals surface area (Å²) in [5.74, 6) is 2.67. The lowest BCUT2D eigenvalue weighted by atomic mass is 9.89. The third-order valence-electron chi connectivity index (χ3n) is 6.51. The van der Waals surface area contributed by atoms with Gasteiger partial charge in [0.25, 0.3) is 0 Å². The normalized spacial score (nSPS) is 46.2. The summed E-state index contributed by atoms with van der Waals surface area (Å²) in [6, 6.07) is 1.42.